The van der Waals surface area contributed by atoms with Crippen molar-refractivity contribution in [1.29, 1.82) is 0 Å². The molecule has 1 heterocycles. The number of amides is 1. The number of carbonyl (C=O) groups is 1. The zero-order valence-electron chi connectivity index (χ0n) is 11.3. The summed E-state index contributed by atoms with van der Waals surface area (Å²) in [6.07, 6.45) is 4.71. The lowest BCUT2D eigenvalue weighted by Gasteiger charge is -2.08. The van der Waals surface area contributed by atoms with E-state index in [9.17, 15) is 9.18 Å². The first-order valence-corrected chi connectivity index (χ1v) is 6.45. The van der Waals surface area contributed by atoms with Crippen LogP contribution in [0, 0.1) is 5.82 Å². The monoisotopic (exact) mass is 276 g/mol. The summed E-state index contributed by atoms with van der Waals surface area (Å²) in [7, 11) is 0. The number of nitrogens with two attached hydrogens (primary N) is 1. The van der Waals surface area contributed by atoms with Crippen molar-refractivity contribution in [3.8, 4) is 0 Å². The fourth-order valence-electron chi connectivity index (χ4n) is 1.93. The number of nitrogens with one attached hydrogen (secondary N) is 1. The first-order chi connectivity index (χ1) is 9.60. The van der Waals surface area contributed by atoms with Gasteiger partial charge in [0, 0.05) is 37.5 Å². The lowest BCUT2D eigenvalue weighted by atomic mass is 10.2. The molecule has 0 aliphatic rings. The van der Waals surface area contributed by atoms with E-state index in [1.165, 1.54) is 18.2 Å². The molecule has 0 bridgehead atoms. The van der Waals surface area contributed by atoms with Gasteiger partial charge in [-0.05, 0) is 18.2 Å². The molecule has 1 amide bonds. The highest BCUT2D eigenvalue weighted by molar-refractivity contribution is 5.91. The number of halogens is 1. The van der Waals surface area contributed by atoms with Gasteiger partial charge >= 0.3 is 0 Å². The molecule has 5 nitrogen and oxygen atoms in total. The quantitative estimate of drug-likeness (QED) is 0.822. The second-order valence-electron chi connectivity index (χ2n) is 4.42. The van der Waals surface area contributed by atoms with Crippen LogP contribution in [0.4, 0.5) is 15.8 Å². The van der Waals surface area contributed by atoms with E-state index < -0.39 is 5.82 Å². The van der Waals surface area contributed by atoms with E-state index in [1.807, 2.05) is 17.7 Å². The molecule has 0 fully saturated rings. The maximum atomic E-state index is 13.0. The van der Waals surface area contributed by atoms with E-state index in [4.69, 9.17) is 5.73 Å². The van der Waals surface area contributed by atoms with Crippen LogP contribution in [0.1, 0.15) is 19.2 Å². The first kappa shape index (κ1) is 14.0. The average Bonchev–Trinajstić information content (AvgIpc) is 2.88. The Kier molecular flexibility index (Phi) is 4.34. The van der Waals surface area contributed by atoms with Crippen molar-refractivity contribution in [2.75, 3.05) is 11.1 Å². The molecule has 6 heteroatoms. The maximum Gasteiger partial charge on any atom is 0.226 e. The molecular formula is C14H17FN4O. The topological polar surface area (TPSA) is 72.9 Å². The molecule has 0 saturated carbocycles. The number of hydrogen-bond donors (Lipinski definition) is 2. The molecule has 1 aromatic carbocycles. The minimum atomic E-state index is -0.492. The Labute approximate surface area is 116 Å². The summed E-state index contributed by atoms with van der Waals surface area (Å²) in [6, 6.07) is 4.12. The summed E-state index contributed by atoms with van der Waals surface area (Å²) < 4.78 is 14.9. The van der Waals surface area contributed by atoms with Crippen molar-refractivity contribution >= 4 is 17.3 Å². The number of rotatable bonds is 5. The number of aryl methyl sites for hydroxylation is 2. The molecule has 0 spiro atoms. The van der Waals surface area contributed by atoms with E-state index in [-0.39, 0.29) is 11.6 Å². The number of carbonyl (C=O) groups excluding carboxylic acids is 1. The average molecular weight is 276 g/mol. The van der Waals surface area contributed by atoms with Crippen LogP contribution in [0.15, 0.2) is 30.6 Å². The summed E-state index contributed by atoms with van der Waals surface area (Å²) in [5.74, 6) is 0.310. The lowest BCUT2D eigenvalue weighted by molar-refractivity contribution is -0.116. The lowest BCUT2D eigenvalue weighted by Crippen LogP contribution is -2.15. The van der Waals surface area contributed by atoms with Crippen LogP contribution in [0.3, 0.4) is 0 Å². The van der Waals surface area contributed by atoms with E-state index in [1.54, 1.807) is 6.20 Å². The number of anilines is 2. The maximum absolute atomic E-state index is 13.0. The Morgan fingerprint density at radius 1 is 1.50 bits per heavy atom. The number of nitrogen functional groups attached to an aromatic ring is 1. The highest BCUT2D eigenvalue weighted by Gasteiger charge is 2.06. The SMILES string of the molecule is CCc1nccn1CCC(=O)Nc1ccc(F)c(N)c1. The summed E-state index contributed by atoms with van der Waals surface area (Å²) in [4.78, 5) is 16.0. The molecule has 2 rings (SSSR count). The number of hydrogen-bond acceptors (Lipinski definition) is 3. The normalized spacial score (nSPS) is 10.5. The van der Waals surface area contributed by atoms with Crippen LogP contribution in [0.2, 0.25) is 0 Å². The van der Waals surface area contributed by atoms with Crippen molar-refractivity contribution < 1.29 is 9.18 Å². The summed E-state index contributed by atoms with van der Waals surface area (Å²) >= 11 is 0. The molecule has 0 unspecified atom stereocenters. The van der Waals surface area contributed by atoms with Gasteiger partial charge in [0.1, 0.15) is 11.6 Å². The molecule has 0 aliphatic heterocycles. The number of imidazole rings is 1. The van der Waals surface area contributed by atoms with Gasteiger partial charge in [0.05, 0.1) is 5.69 Å². The highest BCUT2D eigenvalue weighted by atomic mass is 19.1. The minimum Gasteiger partial charge on any atom is -0.396 e. The number of nitrogens with zero attached hydrogens (tertiary/aromatic N) is 2. The van der Waals surface area contributed by atoms with E-state index in [0.717, 1.165) is 12.2 Å². The second kappa shape index (κ2) is 6.18. The van der Waals surface area contributed by atoms with E-state index in [0.29, 0.717) is 18.7 Å². The second-order valence-corrected chi connectivity index (χ2v) is 4.42. The van der Waals surface area contributed by atoms with Crippen molar-refractivity contribution in [3.05, 3.63) is 42.2 Å². The van der Waals surface area contributed by atoms with Gasteiger partial charge < -0.3 is 15.6 Å². The molecule has 0 atom stereocenters. The Balaban J connectivity index is 1.91. The van der Waals surface area contributed by atoms with Crippen LogP contribution in [0.5, 0.6) is 0 Å². The van der Waals surface area contributed by atoms with Crippen molar-refractivity contribution in [1.82, 2.24) is 9.55 Å². The van der Waals surface area contributed by atoms with Gasteiger partial charge in [-0.1, -0.05) is 6.92 Å². The van der Waals surface area contributed by atoms with E-state index in [2.05, 4.69) is 10.3 Å². The van der Waals surface area contributed by atoms with Gasteiger partial charge in [-0.2, -0.15) is 0 Å². The molecule has 1 aromatic heterocycles. The van der Waals surface area contributed by atoms with Crippen LogP contribution >= 0.6 is 0 Å². The standard InChI is InChI=1S/C14H17FN4O/c1-2-13-17-6-8-19(13)7-5-14(20)18-10-3-4-11(15)12(16)9-10/h3-4,6,8-9H,2,5,7,16H2,1H3,(H,18,20). The molecule has 0 aliphatic carbocycles. The summed E-state index contributed by atoms with van der Waals surface area (Å²) in [5.41, 5.74) is 5.96. The highest BCUT2D eigenvalue weighted by Crippen LogP contribution is 2.16. The minimum absolute atomic E-state index is 0.0191. The molecule has 0 saturated heterocycles. The van der Waals surface area contributed by atoms with Crippen molar-refractivity contribution in [2.24, 2.45) is 0 Å². The van der Waals surface area contributed by atoms with Gasteiger partial charge in [0.15, 0.2) is 0 Å². The number of aromatic nitrogens is 2. The third-order valence-corrected chi connectivity index (χ3v) is 2.98. The first-order valence-electron chi connectivity index (χ1n) is 6.45. The fraction of sp³-hybridized carbons (Fsp3) is 0.286. The predicted octanol–water partition coefficient (Wildman–Crippen LogP) is 2.20. The zero-order chi connectivity index (χ0) is 14.5. The van der Waals surface area contributed by atoms with Gasteiger partial charge in [-0.3, -0.25) is 4.79 Å². The third-order valence-electron chi connectivity index (χ3n) is 2.98. The zero-order valence-corrected chi connectivity index (χ0v) is 11.3. The molecule has 2 aromatic rings. The van der Waals surface area contributed by atoms with Crippen molar-refractivity contribution in [2.45, 2.75) is 26.3 Å². The predicted molar refractivity (Wildman–Crippen MR) is 75.7 cm³/mol. The number of benzene rings is 1. The van der Waals surface area contributed by atoms with Crippen LogP contribution in [0.25, 0.3) is 0 Å². The molecule has 20 heavy (non-hydrogen) atoms. The molecule has 106 valence electrons. The van der Waals surface area contributed by atoms with Crippen molar-refractivity contribution in [3.63, 3.8) is 0 Å². The van der Waals surface area contributed by atoms with Gasteiger partial charge in [-0.25, -0.2) is 9.37 Å². The largest absolute Gasteiger partial charge is 0.396 e. The summed E-state index contributed by atoms with van der Waals surface area (Å²) in [6.45, 7) is 2.58. The molecule has 3 N–H and O–H groups in total. The Morgan fingerprint density at radius 2 is 2.30 bits per heavy atom. The Hall–Kier alpha value is -2.37. The Morgan fingerprint density at radius 3 is 3.00 bits per heavy atom. The van der Waals surface area contributed by atoms with Crippen LogP contribution in [-0.4, -0.2) is 15.5 Å². The smallest absolute Gasteiger partial charge is 0.226 e. The third kappa shape index (κ3) is 3.34. The van der Waals surface area contributed by atoms with Gasteiger partial charge in [0.2, 0.25) is 5.91 Å². The molecule has 0 radical (unpaired) electrons. The summed E-state index contributed by atoms with van der Waals surface area (Å²) in [5, 5.41) is 2.69. The Bertz CT molecular complexity index is 609. The van der Waals surface area contributed by atoms with Gasteiger partial charge in [-0.15, -0.1) is 0 Å². The van der Waals surface area contributed by atoms with Gasteiger partial charge in [0.25, 0.3) is 0 Å². The fourth-order valence-corrected chi connectivity index (χ4v) is 1.93. The molecular weight excluding hydrogens is 259 g/mol. The van der Waals surface area contributed by atoms with Crippen LogP contribution in [-0.2, 0) is 17.8 Å². The van der Waals surface area contributed by atoms with E-state index >= 15 is 0 Å². The van der Waals surface area contributed by atoms with Crippen LogP contribution < -0.4 is 11.1 Å².